The number of hydrogen-bond acceptors (Lipinski definition) is 6. The molecular weight excluding hydrogens is 547 g/mol. The lowest BCUT2D eigenvalue weighted by Crippen LogP contribution is -2.40. The lowest BCUT2D eigenvalue weighted by atomic mass is 10.0. The number of methoxy groups -OCH3 is 1. The molecule has 0 bridgehead atoms. The number of ether oxygens (including phenoxy) is 1. The Hall–Kier alpha value is -2.84. The zero-order valence-corrected chi connectivity index (χ0v) is 25.3. The van der Waals surface area contributed by atoms with Gasteiger partial charge < -0.3 is 24.8 Å². The van der Waals surface area contributed by atoms with Crippen molar-refractivity contribution in [2.24, 2.45) is 0 Å². The number of alkyl halides is 3. The molecule has 2 heterocycles. The summed E-state index contributed by atoms with van der Waals surface area (Å²) in [7, 11) is 5.78. The van der Waals surface area contributed by atoms with E-state index in [-0.39, 0.29) is 6.54 Å². The highest BCUT2D eigenvalue weighted by Crippen LogP contribution is 2.32. The highest BCUT2D eigenvalue weighted by atomic mass is 32.2. The number of benzene rings is 2. The molecule has 41 heavy (non-hydrogen) atoms. The van der Waals surface area contributed by atoms with Crippen LogP contribution in [0.5, 0.6) is 5.75 Å². The minimum absolute atomic E-state index is 0.258. The monoisotopic (exact) mass is 587 g/mol. The minimum atomic E-state index is -4.36. The molecular formula is C31H40F3N5OS. The van der Waals surface area contributed by atoms with Crippen LogP contribution in [-0.4, -0.2) is 72.9 Å². The van der Waals surface area contributed by atoms with Gasteiger partial charge in [-0.25, -0.2) is 4.31 Å². The maximum atomic E-state index is 13.5. The Morgan fingerprint density at radius 2 is 1.88 bits per heavy atom. The van der Waals surface area contributed by atoms with Crippen LogP contribution in [0, 0.1) is 11.8 Å². The molecule has 4 rings (SSSR count). The Bertz CT molecular complexity index is 1370. The number of fused-ring (bicyclic) bond motifs is 1. The van der Waals surface area contributed by atoms with Crippen molar-refractivity contribution in [3.8, 4) is 17.6 Å². The van der Waals surface area contributed by atoms with Crippen LogP contribution in [0.4, 0.5) is 18.9 Å². The summed E-state index contributed by atoms with van der Waals surface area (Å²) in [5.74, 6) is 6.65. The van der Waals surface area contributed by atoms with Crippen molar-refractivity contribution in [2.45, 2.75) is 62.9 Å². The van der Waals surface area contributed by atoms with Gasteiger partial charge in [0.2, 0.25) is 0 Å². The van der Waals surface area contributed by atoms with Crippen LogP contribution in [0.2, 0.25) is 0 Å². The van der Waals surface area contributed by atoms with Gasteiger partial charge in [0.15, 0.2) is 0 Å². The third-order valence-corrected chi connectivity index (χ3v) is 8.52. The number of piperidine rings is 1. The molecule has 3 aromatic rings. The molecule has 2 aromatic carbocycles. The Morgan fingerprint density at radius 3 is 2.56 bits per heavy atom. The molecule has 10 heteroatoms. The summed E-state index contributed by atoms with van der Waals surface area (Å²) >= 11 is 1.63. The molecule has 1 aromatic heterocycles. The van der Waals surface area contributed by atoms with Gasteiger partial charge in [-0.3, -0.25) is 0 Å². The summed E-state index contributed by atoms with van der Waals surface area (Å²) in [6.45, 7) is 6.25. The second-order valence-electron chi connectivity index (χ2n) is 10.8. The van der Waals surface area contributed by atoms with Crippen molar-refractivity contribution in [3.63, 3.8) is 0 Å². The summed E-state index contributed by atoms with van der Waals surface area (Å²) in [5.41, 5.74) is 2.70. The van der Waals surface area contributed by atoms with Gasteiger partial charge in [0.05, 0.1) is 25.0 Å². The van der Waals surface area contributed by atoms with Crippen LogP contribution >= 0.6 is 11.9 Å². The molecule has 6 nitrogen and oxygen atoms in total. The van der Waals surface area contributed by atoms with E-state index in [0.717, 1.165) is 47.5 Å². The van der Waals surface area contributed by atoms with Crippen LogP contribution < -0.4 is 15.4 Å². The Morgan fingerprint density at radius 1 is 1.12 bits per heavy atom. The first-order valence-corrected chi connectivity index (χ1v) is 14.7. The fourth-order valence-corrected chi connectivity index (χ4v) is 5.61. The first kappa shape index (κ1) is 31.1. The van der Waals surface area contributed by atoms with E-state index in [1.54, 1.807) is 31.2 Å². The Balaban J connectivity index is 1.47. The van der Waals surface area contributed by atoms with Crippen molar-refractivity contribution in [1.82, 2.24) is 19.1 Å². The first-order chi connectivity index (χ1) is 19.5. The van der Waals surface area contributed by atoms with Gasteiger partial charge >= 0.3 is 6.18 Å². The fraction of sp³-hybridized carbons (Fsp3) is 0.484. The van der Waals surface area contributed by atoms with Crippen LogP contribution in [0.25, 0.3) is 10.9 Å². The zero-order chi connectivity index (χ0) is 29.6. The van der Waals surface area contributed by atoms with Gasteiger partial charge in [-0.1, -0.05) is 12.0 Å². The largest absolute Gasteiger partial charge is 0.495 e. The zero-order valence-electron chi connectivity index (χ0n) is 24.4. The highest BCUT2D eigenvalue weighted by Gasteiger charge is 2.29. The first-order valence-electron chi connectivity index (χ1n) is 13.9. The van der Waals surface area contributed by atoms with E-state index in [0.29, 0.717) is 35.6 Å². The number of anilines is 1. The summed E-state index contributed by atoms with van der Waals surface area (Å²) in [6, 6.07) is 14.1. The van der Waals surface area contributed by atoms with E-state index in [9.17, 15) is 13.2 Å². The number of nitrogens with one attached hydrogen (secondary N) is 2. The minimum Gasteiger partial charge on any atom is -0.495 e. The highest BCUT2D eigenvalue weighted by molar-refractivity contribution is 7.97. The van der Waals surface area contributed by atoms with Crippen molar-refractivity contribution in [2.75, 3.05) is 46.2 Å². The van der Waals surface area contributed by atoms with Gasteiger partial charge in [-0.05, 0) is 114 Å². The Kier molecular flexibility index (Phi) is 10.5. The number of nitrogens with zero attached hydrogens (tertiary/aromatic N) is 3. The van der Waals surface area contributed by atoms with Crippen molar-refractivity contribution in [1.29, 1.82) is 0 Å². The molecule has 1 aliphatic heterocycles. The third kappa shape index (κ3) is 8.82. The van der Waals surface area contributed by atoms with Gasteiger partial charge in [-0.15, -0.1) is 0 Å². The number of rotatable bonds is 10. The van der Waals surface area contributed by atoms with Crippen molar-refractivity contribution in [3.05, 3.63) is 53.7 Å². The summed E-state index contributed by atoms with van der Waals surface area (Å²) in [4.78, 5) is 3.37. The maximum Gasteiger partial charge on any atom is 0.406 e. The van der Waals surface area contributed by atoms with Gasteiger partial charge in [0, 0.05) is 34.4 Å². The van der Waals surface area contributed by atoms with E-state index < -0.39 is 12.7 Å². The average molecular weight is 588 g/mol. The number of likely N-dealkylation sites (tertiary alicyclic amines) is 1. The molecule has 1 aliphatic rings. The summed E-state index contributed by atoms with van der Waals surface area (Å²) in [5, 5.41) is 7.60. The molecule has 0 amide bonds. The molecule has 1 saturated heterocycles. The predicted octanol–water partition coefficient (Wildman–Crippen LogP) is 6.21. The van der Waals surface area contributed by atoms with E-state index in [4.69, 9.17) is 4.74 Å². The standard InChI is InChI=1S/C31H40F3N5OS/c1-22(2)38(4)41-27-9-10-28(30(19-27)40-5)35-14-6-7-26-18-24-17-23(20-36-25-12-15-37(3)16-13-25)8-11-29(24)39(26)21-31(32,33)34/h8-11,17-19,22,25,35-36H,12-16,20-21H2,1-5H3. The molecule has 222 valence electrons. The van der Waals surface area contributed by atoms with Crippen molar-refractivity contribution >= 4 is 28.5 Å². The molecule has 1 fully saturated rings. The van der Waals surface area contributed by atoms with Crippen LogP contribution in [0.3, 0.4) is 0 Å². The summed E-state index contributed by atoms with van der Waals surface area (Å²) < 4.78 is 49.5. The topological polar surface area (TPSA) is 44.7 Å². The molecule has 0 radical (unpaired) electrons. The lowest BCUT2D eigenvalue weighted by molar-refractivity contribution is -0.140. The molecule has 0 unspecified atom stereocenters. The SMILES string of the molecule is COc1cc(SN(C)C(C)C)ccc1NCC#Cc1cc2cc(CNC3CCN(C)CC3)ccc2n1CC(F)(F)F. The second-order valence-corrected chi connectivity index (χ2v) is 12.1. The van der Waals surface area contributed by atoms with Crippen LogP contribution in [-0.2, 0) is 13.1 Å². The van der Waals surface area contributed by atoms with E-state index in [1.807, 2.05) is 37.4 Å². The van der Waals surface area contributed by atoms with Gasteiger partial charge in [-0.2, -0.15) is 13.2 Å². The van der Waals surface area contributed by atoms with E-state index >= 15 is 0 Å². The quantitative estimate of drug-likeness (QED) is 0.217. The number of hydrogen-bond donors (Lipinski definition) is 2. The van der Waals surface area contributed by atoms with Crippen molar-refractivity contribution < 1.29 is 17.9 Å². The smallest absolute Gasteiger partial charge is 0.406 e. The molecule has 0 aliphatic carbocycles. The van der Waals surface area contributed by atoms with Gasteiger partial charge in [0.1, 0.15) is 12.3 Å². The molecule has 0 atom stereocenters. The number of halogens is 3. The maximum absolute atomic E-state index is 13.5. The summed E-state index contributed by atoms with van der Waals surface area (Å²) in [6.07, 6.45) is -2.16. The number of aromatic nitrogens is 1. The normalized spacial score (nSPS) is 15.0. The van der Waals surface area contributed by atoms with Crippen LogP contribution in [0.1, 0.15) is 37.9 Å². The average Bonchev–Trinajstić information content (AvgIpc) is 3.25. The predicted molar refractivity (Wildman–Crippen MR) is 162 cm³/mol. The molecule has 2 N–H and O–H groups in total. The van der Waals surface area contributed by atoms with E-state index in [2.05, 4.69) is 52.6 Å². The lowest BCUT2D eigenvalue weighted by Gasteiger charge is -2.29. The second kappa shape index (κ2) is 13.9. The third-order valence-electron chi connectivity index (χ3n) is 7.35. The molecule has 0 saturated carbocycles. The van der Waals surface area contributed by atoms with Gasteiger partial charge in [0.25, 0.3) is 0 Å². The van der Waals surface area contributed by atoms with Crippen LogP contribution in [0.15, 0.2) is 47.4 Å². The Labute approximate surface area is 245 Å². The van der Waals surface area contributed by atoms with E-state index in [1.165, 1.54) is 4.57 Å². The molecule has 0 spiro atoms. The fourth-order valence-electron chi connectivity index (χ4n) is 4.78.